The zero-order valence-corrected chi connectivity index (χ0v) is 17.7. The molecule has 2 amide bonds. The van der Waals surface area contributed by atoms with Crippen LogP contribution in [0, 0.1) is 0 Å². The predicted molar refractivity (Wildman–Crippen MR) is 113 cm³/mol. The van der Waals surface area contributed by atoms with E-state index in [0.717, 1.165) is 38.5 Å². The number of furan rings is 1. The lowest BCUT2D eigenvalue weighted by Gasteiger charge is -2.35. The van der Waals surface area contributed by atoms with Crippen molar-refractivity contribution in [3.05, 3.63) is 54.0 Å². The molecule has 0 bridgehead atoms. The van der Waals surface area contributed by atoms with Crippen LogP contribution < -0.4 is 10.1 Å². The molecule has 1 aromatic carbocycles. The Morgan fingerprint density at radius 3 is 2.43 bits per heavy atom. The molecule has 162 valence electrons. The van der Waals surface area contributed by atoms with Crippen LogP contribution >= 0.6 is 0 Å². The van der Waals surface area contributed by atoms with E-state index in [2.05, 4.69) is 27.2 Å². The maximum absolute atomic E-state index is 12.5. The van der Waals surface area contributed by atoms with E-state index in [1.54, 1.807) is 32.6 Å². The first-order valence-corrected chi connectivity index (χ1v) is 10.1. The van der Waals surface area contributed by atoms with Crippen molar-refractivity contribution >= 4 is 11.8 Å². The minimum absolute atomic E-state index is 0.0387. The molecule has 0 radical (unpaired) electrons. The summed E-state index contributed by atoms with van der Waals surface area (Å²) in [6, 6.07) is 11.7. The highest BCUT2D eigenvalue weighted by molar-refractivity contribution is 5.85. The van der Waals surface area contributed by atoms with Gasteiger partial charge in [-0.25, -0.2) is 0 Å². The Balaban J connectivity index is 1.35. The highest BCUT2D eigenvalue weighted by Gasteiger charge is 2.21. The summed E-state index contributed by atoms with van der Waals surface area (Å²) in [4.78, 5) is 30.5. The van der Waals surface area contributed by atoms with Gasteiger partial charge in [-0.3, -0.25) is 19.4 Å². The van der Waals surface area contributed by atoms with Crippen LogP contribution in [0.4, 0.5) is 0 Å². The number of carbonyl (C=O) groups is 2. The fraction of sp³-hybridized carbons (Fsp3) is 0.455. The maximum Gasteiger partial charge on any atom is 0.239 e. The first-order valence-electron chi connectivity index (χ1n) is 10.1. The molecular weight excluding hydrogens is 384 g/mol. The van der Waals surface area contributed by atoms with Crippen molar-refractivity contribution < 1.29 is 18.7 Å². The fourth-order valence-corrected chi connectivity index (χ4v) is 3.37. The maximum atomic E-state index is 12.5. The van der Waals surface area contributed by atoms with Crippen LogP contribution in [0.25, 0.3) is 0 Å². The van der Waals surface area contributed by atoms with Crippen LogP contribution in [-0.4, -0.2) is 79.9 Å². The van der Waals surface area contributed by atoms with Gasteiger partial charge in [-0.1, -0.05) is 12.1 Å². The zero-order chi connectivity index (χ0) is 21.3. The number of hydrogen-bond acceptors (Lipinski definition) is 6. The Kier molecular flexibility index (Phi) is 7.87. The molecule has 3 rings (SSSR count). The van der Waals surface area contributed by atoms with Crippen molar-refractivity contribution in [1.82, 2.24) is 20.0 Å². The van der Waals surface area contributed by atoms with Gasteiger partial charge < -0.3 is 19.4 Å². The molecule has 0 saturated carbocycles. The van der Waals surface area contributed by atoms with Gasteiger partial charge in [0, 0.05) is 39.8 Å². The second-order valence-electron chi connectivity index (χ2n) is 7.51. The minimum Gasteiger partial charge on any atom is -0.497 e. The molecule has 0 spiro atoms. The molecule has 8 heteroatoms. The van der Waals surface area contributed by atoms with Gasteiger partial charge in [-0.05, 0) is 29.8 Å². The van der Waals surface area contributed by atoms with E-state index in [1.807, 2.05) is 12.1 Å². The van der Waals surface area contributed by atoms with E-state index >= 15 is 0 Å². The van der Waals surface area contributed by atoms with E-state index in [4.69, 9.17) is 9.15 Å². The molecule has 1 saturated heterocycles. The predicted octanol–water partition coefficient (Wildman–Crippen LogP) is 1.18. The van der Waals surface area contributed by atoms with E-state index in [1.165, 1.54) is 10.5 Å². The van der Waals surface area contributed by atoms with Gasteiger partial charge in [0.25, 0.3) is 0 Å². The Morgan fingerprint density at radius 2 is 1.80 bits per heavy atom. The van der Waals surface area contributed by atoms with Crippen LogP contribution in [-0.2, 0) is 22.7 Å². The van der Waals surface area contributed by atoms with Gasteiger partial charge in [0.2, 0.25) is 11.8 Å². The summed E-state index contributed by atoms with van der Waals surface area (Å²) >= 11 is 0. The van der Waals surface area contributed by atoms with E-state index in [9.17, 15) is 9.59 Å². The van der Waals surface area contributed by atoms with Crippen LogP contribution in [0.3, 0.4) is 0 Å². The first kappa shape index (κ1) is 21.9. The number of amides is 2. The number of likely N-dealkylation sites (N-methyl/N-ethyl adjacent to an activating group) is 1. The summed E-state index contributed by atoms with van der Waals surface area (Å²) in [7, 11) is 3.33. The molecule has 8 nitrogen and oxygen atoms in total. The monoisotopic (exact) mass is 414 g/mol. The van der Waals surface area contributed by atoms with E-state index < -0.39 is 0 Å². The average molecular weight is 415 g/mol. The number of piperazine rings is 1. The molecule has 2 heterocycles. The average Bonchev–Trinajstić information content (AvgIpc) is 3.28. The second-order valence-corrected chi connectivity index (χ2v) is 7.51. The summed E-state index contributed by atoms with van der Waals surface area (Å²) in [5.74, 6) is 1.30. The Morgan fingerprint density at radius 1 is 1.10 bits per heavy atom. The number of benzene rings is 1. The Labute approximate surface area is 177 Å². The lowest BCUT2D eigenvalue weighted by molar-refractivity contribution is -0.136. The van der Waals surface area contributed by atoms with Gasteiger partial charge in [-0.2, -0.15) is 0 Å². The third-order valence-electron chi connectivity index (χ3n) is 5.24. The largest absolute Gasteiger partial charge is 0.497 e. The van der Waals surface area contributed by atoms with Crippen molar-refractivity contribution in [3.63, 3.8) is 0 Å². The van der Waals surface area contributed by atoms with Gasteiger partial charge in [0.15, 0.2) is 0 Å². The molecule has 30 heavy (non-hydrogen) atoms. The van der Waals surface area contributed by atoms with Crippen molar-refractivity contribution in [3.8, 4) is 5.75 Å². The van der Waals surface area contributed by atoms with E-state index in [0.29, 0.717) is 18.8 Å². The minimum atomic E-state index is -0.202. The highest BCUT2D eigenvalue weighted by atomic mass is 16.5. The zero-order valence-electron chi connectivity index (χ0n) is 17.7. The lowest BCUT2D eigenvalue weighted by atomic mass is 10.2. The van der Waals surface area contributed by atoms with E-state index in [-0.39, 0.29) is 18.4 Å². The van der Waals surface area contributed by atoms with Gasteiger partial charge >= 0.3 is 0 Å². The molecule has 1 aliphatic rings. The number of carbonyl (C=O) groups excluding carboxylic acids is 2. The van der Waals surface area contributed by atoms with Crippen molar-refractivity contribution in [1.29, 1.82) is 0 Å². The second kappa shape index (κ2) is 10.8. The van der Waals surface area contributed by atoms with Crippen LogP contribution in [0.1, 0.15) is 11.3 Å². The summed E-state index contributed by atoms with van der Waals surface area (Å²) < 4.78 is 10.4. The standard InChI is InChI=1S/C22H30N4O4/c1-24(16-21(27)23-14-20-4-3-13-30-20)22(28)17-26-11-9-25(10-12-26)15-18-5-7-19(29-2)8-6-18/h3-8,13H,9-12,14-17H2,1-2H3,(H,23,27). The smallest absolute Gasteiger partial charge is 0.239 e. The number of ether oxygens (including phenoxy) is 1. The summed E-state index contributed by atoms with van der Waals surface area (Å²) in [5.41, 5.74) is 1.25. The quantitative estimate of drug-likeness (QED) is 0.664. The van der Waals surface area contributed by atoms with Crippen molar-refractivity contribution in [2.24, 2.45) is 0 Å². The van der Waals surface area contributed by atoms with Crippen molar-refractivity contribution in [2.45, 2.75) is 13.1 Å². The molecule has 0 aliphatic carbocycles. The Bertz CT molecular complexity index is 799. The van der Waals surface area contributed by atoms with Gasteiger partial charge in [0.05, 0.1) is 33.0 Å². The molecule has 1 N–H and O–H groups in total. The van der Waals surface area contributed by atoms with Crippen molar-refractivity contribution in [2.75, 3.05) is 53.4 Å². The molecule has 1 fully saturated rings. The Hall–Kier alpha value is -2.84. The normalized spacial score (nSPS) is 15.0. The summed E-state index contributed by atoms with van der Waals surface area (Å²) in [6.45, 7) is 5.07. The third kappa shape index (κ3) is 6.60. The van der Waals surface area contributed by atoms with Crippen LogP contribution in [0.5, 0.6) is 5.75 Å². The van der Waals surface area contributed by atoms with Crippen LogP contribution in [0.15, 0.2) is 47.1 Å². The van der Waals surface area contributed by atoms with Gasteiger partial charge in [-0.15, -0.1) is 0 Å². The highest BCUT2D eigenvalue weighted by Crippen LogP contribution is 2.14. The number of nitrogens with zero attached hydrogens (tertiary/aromatic N) is 3. The molecule has 1 aromatic heterocycles. The fourth-order valence-electron chi connectivity index (χ4n) is 3.37. The third-order valence-corrected chi connectivity index (χ3v) is 5.24. The summed E-state index contributed by atoms with van der Waals surface area (Å²) in [6.07, 6.45) is 1.56. The number of methoxy groups -OCH3 is 1. The van der Waals surface area contributed by atoms with Gasteiger partial charge in [0.1, 0.15) is 11.5 Å². The number of nitrogens with one attached hydrogen (secondary N) is 1. The first-order chi connectivity index (χ1) is 14.5. The molecule has 1 aliphatic heterocycles. The molecule has 0 unspecified atom stereocenters. The SMILES string of the molecule is COc1ccc(CN2CCN(CC(=O)N(C)CC(=O)NCc3ccco3)CC2)cc1. The summed E-state index contributed by atoms with van der Waals surface area (Å²) in [5, 5.41) is 2.76. The topological polar surface area (TPSA) is 78.3 Å². The number of rotatable bonds is 9. The van der Waals surface area contributed by atoms with Crippen LogP contribution in [0.2, 0.25) is 0 Å². The number of hydrogen-bond donors (Lipinski definition) is 1. The molecule has 0 atom stereocenters. The lowest BCUT2D eigenvalue weighted by Crippen LogP contribution is -2.50. The molecular formula is C22H30N4O4. The molecule has 2 aromatic rings.